The molecule has 0 aliphatic carbocycles. The van der Waals surface area contributed by atoms with Gasteiger partial charge in [-0.1, -0.05) is 41.7 Å². The van der Waals surface area contributed by atoms with Crippen molar-refractivity contribution in [3.8, 4) is 22.9 Å². The molecule has 0 aliphatic heterocycles. The van der Waals surface area contributed by atoms with Gasteiger partial charge in [-0.25, -0.2) is 9.97 Å². The molecule has 0 saturated carbocycles. The van der Waals surface area contributed by atoms with Crippen LogP contribution in [0.5, 0.6) is 11.5 Å². The topological polar surface area (TPSA) is 83.3 Å². The Bertz CT molecular complexity index is 1300. The second-order valence-corrected chi connectivity index (χ2v) is 8.99. The van der Waals surface area contributed by atoms with Gasteiger partial charge in [0.05, 0.1) is 31.6 Å². The lowest BCUT2D eigenvalue weighted by Crippen LogP contribution is -2.24. The molecule has 0 N–H and O–H groups in total. The molecule has 0 radical (unpaired) electrons. The number of aromatic nitrogens is 3. The maximum absolute atomic E-state index is 13.4. The first-order valence-electron chi connectivity index (χ1n) is 9.03. The van der Waals surface area contributed by atoms with Gasteiger partial charge in [-0.05, 0) is 12.1 Å². The van der Waals surface area contributed by atoms with E-state index >= 15 is 0 Å². The highest BCUT2D eigenvalue weighted by Crippen LogP contribution is 2.28. The molecule has 2 aromatic heterocycles. The minimum Gasteiger partial charge on any atom is -0.497 e. The summed E-state index contributed by atoms with van der Waals surface area (Å²) in [4.78, 5) is 22.9. The summed E-state index contributed by atoms with van der Waals surface area (Å²) >= 11 is 1.18. The van der Waals surface area contributed by atoms with E-state index in [2.05, 4.69) is 4.98 Å². The van der Waals surface area contributed by atoms with Crippen LogP contribution in [0.2, 0.25) is 0 Å². The summed E-state index contributed by atoms with van der Waals surface area (Å²) in [6.45, 7) is 0.237. The van der Waals surface area contributed by atoms with Crippen molar-refractivity contribution < 1.29 is 13.7 Å². The summed E-state index contributed by atoms with van der Waals surface area (Å²) in [7, 11) is 1.87. The SMILES string of the molecule is COc1ccc(Cn2c(-c3ccccc3)nc3sc(S(C)=O)nc3c2=O)c(OC)c1. The minimum absolute atomic E-state index is 0.220. The highest BCUT2D eigenvalue weighted by molar-refractivity contribution is 7.86. The van der Waals surface area contributed by atoms with Crippen LogP contribution in [0.1, 0.15) is 5.56 Å². The van der Waals surface area contributed by atoms with Crippen LogP contribution in [0.25, 0.3) is 21.7 Å². The highest BCUT2D eigenvalue weighted by Gasteiger charge is 2.19. The lowest BCUT2D eigenvalue weighted by atomic mass is 10.1. The smallest absolute Gasteiger partial charge is 0.281 e. The van der Waals surface area contributed by atoms with Crippen LogP contribution in [0, 0.1) is 0 Å². The third-order valence-electron chi connectivity index (χ3n) is 4.60. The van der Waals surface area contributed by atoms with Gasteiger partial charge in [0, 0.05) is 23.4 Å². The standard InChI is InChI=1S/C21H19N3O4S2/c1-27-15-10-9-14(16(11-15)28-2)12-24-18(13-7-5-4-6-8-13)23-19-17(20(24)25)22-21(29-19)30(3)26/h4-11H,12H2,1-3H3. The van der Waals surface area contributed by atoms with Crippen LogP contribution in [0.15, 0.2) is 57.7 Å². The fraction of sp³-hybridized carbons (Fsp3) is 0.190. The van der Waals surface area contributed by atoms with Gasteiger partial charge in [0.15, 0.2) is 14.7 Å². The summed E-state index contributed by atoms with van der Waals surface area (Å²) in [6, 6.07) is 14.9. The number of fused-ring (bicyclic) bond motifs is 1. The first-order valence-corrected chi connectivity index (χ1v) is 11.4. The van der Waals surface area contributed by atoms with Crippen LogP contribution < -0.4 is 15.0 Å². The van der Waals surface area contributed by atoms with Gasteiger partial charge in [-0.15, -0.1) is 0 Å². The molecule has 30 heavy (non-hydrogen) atoms. The number of thiazole rings is 1. The lowest BCUT2D eigenvalue weighted by Gasteiger charge is -2.15. The first-order chi connectivity index (χ1) is 14.5. The Morgan fingerprint density at radius 1 is 1.07 bits per heavy atom. The zero-order chi connectivity index (χ0) is 21.3. The summed E-state index contributed by atoms with van der Waals surface area (Å²) in [5.74, 6) is 1.78. The Morgan fingerprint density at radius 2 is 1.83 bits per heavy atom. The van der Waals surface area contributed by atoms with Gasteiger partial charge in [-0.2, -0.15) is 0 Å². The molecule has 0 spiro atoms. The Balaban J connectivity index is 1.94. The molecule has 0 aliphatic rings. The average molecular weight is 442 g/mol. The normalized spacial score (nSPS) is 12.1. The third-order valence-corrected chi connectivity index (χ3v) is 6.88. The molecule has 1 atom stereocenters. The number of ether oxygens (including phenoxy) is 2. The molecule has 4 rings (SSSR count). The van der Waals surface area contributed by atoms with E-state index in [1.54, 1.807) is 24.9 Å². The Morgan fingerprint density at radius 3 is 2.50 bits per heavy atom. The van der Waals surface area contributed by atoms with Crippen molar-refractivity contribution >= 4 is 32.5 Å². The van der Waals surface area contributed by atoms with Gasteiger partial charge >= 0.3 is 0 Å². The van der Waals surface area contributed by atoms with Gasteiger partial charge in [0.1, 0.15) is 17.3 Å². The van der Waals surface area contributed by atoms with Gasteiger partial charge in [0.25, 0.3) is 5.56 Å². The minimum atomic E-state index is -1.29. The molecule has 1 unspecified atom stereocenters. The van der Waals surface area contributed by atoms with Crippen LogP contribution in [-0.2, 0) is 17.3 Å². The molecular weight excluding hydrogens is 422 g/mol. The monoisotopic (exact) mass is 441 g/mol. The molecule has 0 fully saturated rings. The first kappa shape index (κ1) is 20.2. The number of hydrogen-bond donors (Lipinski definition) is 0. The molecule has 4 aromatic rings. The van der Waals surface area contributed by atoms with E-state index in [0.717, 1.165) is 11.1 Å². The van der Waals surface area contributed by atoms with Crippen molar-refractivity contribution in [1.29, 1.82) is 0 Å². The van der Waals surface area contributed by atoms with Crippen LogP contribution in [-0.4, -0.2) is 39.2 Å². The fourth-order valence-electron chi connectivity index (χ4n) is 3.12. The lowest BCUT2D eigenvalue weighted by molar-refractivity contribution is 0.390. The quantitative estimate of drug-likeness (QED) is 0.456. The van der Waals surface area contributed by atoms with E-state index in [4.69, 9.17) is 14.5 Å². The van der Waals surface area contributed by atoms with Crippen molar-refractivity contribution in [2.45, 2.75) is 10.9 Å². The number of rotatable bonds is 6. The zero-order valence-corrected chi connectivity index (χ0v) is 18.3. The number of benzene rings is 2. The summed E-state index contributed by atoms with van der Waals surface area (Å²) in [5, 5.41) is 0. The average Bonchev–Trinajstić information content (AvgIpc) is 3.21. The predicted molar refractivity (Wildman–Crippen MR) is 118 cm³/mol. The van der Waals surface area contributed by atoms with E-state index in [-0.39, 0.29) is 17.6 Å². The van der Waals surface area contributed by atoms with Crippen molar-refractivity contribution in [3.05, 3.63) is 64.4 Å². The van der Waals surface area contributed by atoms with Crippen LogP contribution in [0.4, 0.5) is 0 Å². The van der Waals surface area contributed by atoms with E-state index in [1.165, 1.54) is 17.6 Å². The van der Waals surface area contributed by atoms with E-state index < -0.39 is 10.8 Å². The second kappa shape index (κ2) is 8.37. The zero-order valence-electron chi connectivity index (χ0n) is 16.6. The molecular formula is C21H19N3O4S2. The van der Waals surface area contributed by atoms with Crippen LogP contribution in [0.3, 0.4) is 0 Å². The maximum atomic E-state index is 13.4. The van der Waals surface area contributed by atoms with E-state index in [9.17, 15) is 9.00 Å². The molecule has 7 nitrogen and oxygen atoms in total. The van der Waals surface area contributed by atoms with E-state index in [0.29, 0.717) is 26.5 Å². The molecule has 154 valence electrons. The van der Waals surface area contributed by atoms with Crippen molar-refractivity contribution in [1.82, 2.24) is 14.5 Å². The highest BCUT2D eigenvalue weighted by atomic mass is 32.2. The molecule has 2 aromatic carbocycles. The van der Waals surface area contributed by atoms with Gasteiger partial charge < -0.3 is 9.47 Å². The molecule has 9 heteroatoms. The molecule has 0 amide bonds. The second-order valence-electron chi connectivity index (χ2n) is 6.46. The number of methoxy groups -OCH3 is 2. The number of nitrogens with zero attached hydrogens (tertiary/aromatic N) is 3. The van der Waals surface area contributed by atoms with Gasteiger partial charge in [-0.3, -0.25) is 13.6 Å². The van der Waals surface area contributed by atoms with Crippen molar-refractivity contribution in [2.24, 2.45) is 0 Å². The van der Waals surface area contributed by atoms with Crippen molar-refractivity contribution in [2.75, 3.05) is 20.5 Å². The molecule has 2 heterocycles. The molecule has 0 saturated heterocycles. The summed E-state index contributed by atoms with van der Waals surface area (Å²) in [6.07, 6.45) is 1.54. The largest absolute Gasteiger partial charge is 0.497 e. The predicted octanol–water partition coefficient (Wildman–Crippen LogP) is 3.32. The van der Waals surface area contributed by atoms with E-state index in [1.807, 2.05) is 42.5 Å². The fourth-order valence-corrected chi connectivity index (χ4v) is 4.71. The van der Waals surface area contributed by atoms with Gasteiger partial charge in [0.2, 0.25) is 0 Å². The Kier molecular flexibility index (Phi) is 5.65. The Hall–Kier alpha value is -3.04. The van der Waals surface area contributed by atoms with Crippen molar-refractivity contribution in [3.63, 3.8) is 0 Å². The number of hydrogen-bond acceptors (Lipinski definition) is 7. The summed E-state index contributed by atoms with van der Waals surface area (Å²) < 4.78 is 24.6. The maximum Gasteiger partial charge on any atom is 0.281 e. The van der Waals surface area contributed by atoms with Crippen LogP contribution >= 0.6 is 11.3 Å². The Labute approximate surface area is 179 Å². The molecule has 0 bridgehead atoms. The third kappa shape index (κ3) is 3.73. The summed E-state index contributed by atoms with van der Waals surface area (Å²) in [5.41, 5.74) is 1.53.